The summed E-state index contributed by atoms with van der Waals surface area (Å²) in [4.78, 5) is 21.5. The maximum atomic E-state index is 13.7. The Morgan fingerprint density at radius 2 is 1.94 bits per heavy atom. The fraction of sp³-hybridized carbons (Fsp3) is 0.522. The largest absolute Gasteiger partial charge is 0.481 e. The monoisotopic (exact) mass is 482 g/mol. The maximum Gasteiger partial charge on any atom is 0.396 e. The van der Waals surface area contributed by atoms with E-state index in [0.29, 0.717) is 43.4 Å². The molecule has 1 atom stereocenters. The van der Waals surface area contributed by atoms with E-state index in [-0.39, 0.29) is 17.6 Å². The topological polar surface area (TPSA) is 96.8 Å². The van der Waals surface area contributed by atoms with Crippen molar-refractivity contribution in [2.75, 3.05) is 36.6 Å². The summed E-state index contributed by atoms with van der Waals surface area (Å²) in [6.07, 6.45) is -1.19. The summed E-state index contributed by atoms with van der Waals surface area (Å²) in [7, 11) is 0. The second-order valence-corrected chi connectivity index (χ2v) is 7.91. The number of benzene rings is 1. The van der Waals surface area contributed by atoms with Crippen LogP contribution in [0.1, 0.15) is 44.6 Å². The Morgan fingerprint density at radius 1 is 1.26 bits per heavy atom. The number of nitrogens with zero attached hydrogens (tertiary/aromatic N) is 3. The second kappa shape index (κ2) is 11.4. The van der Waals surface area contributed by atoms with E-state index in [1.807, 2.05) is 6.92 Å². The molecule has 34 heavy (non-hydrogen) atoms. The molecule has 2 N–H and O–H groups in total. The molecule has 0 bridgehead atoms. The first-order chi connectivity index (χ1) is 16.2. The third-order valence-electron chi connectivity index (χ3n) is 5.66. The van der Waals surface area contributed by atoms with Gasteiger partial charge in [-0.05, 0) is 44.4 Å². The van der Waals surface area contributed by atoms with Gasteiger partial charge in [-0.3, -0.25) is 4.79 Å². The highest BCUT2D eigenvalue weighted by molar-refractivity contribution is 5.77. The zero-order chi connectivity index (χ0) is 24.7. The molecule has 1 aliphatic rings. The number of alkyl halides is 3. The Morgan fingerprint density at radius 3 is 2.50 bits per heavy atom. The number of anilines is 3. The van der Waals surface area contributed by atoms with Gasteiger partial charge in [-0.2, -0.15) is 13.2 Å². The Kier molecular flexibility index (Phi) is 8.54. The Balaban J connectivity index is 2.02. The minimum atomic E-state index is -4.70. The molecule has 0 amide bonds. The van der Waals surface area contributed by atoms with Gasteiger partial charge in [-0.15, -0.1) is 0 Å². The molecule has 3 rings (SSSR count). The molecule has 0 spiro atoms. The van der Waals surface area contributed by atoms with Crippen molar-refractivity contribution in [1.82, 2.24) is 9.97 Å². The third kappa shape index (κ3) is 6.49. The number of halogens is 3. The summed E-state index contributed by atoms with van der Waals surface area (Å²) in [5, 5.41) is 12.2. The van der Waals surface area contributed by atoms with Crippen molar-refractivity contribution in [3.63, 3.8) is 0 Å². The van der Waals surface area contributed by atoms with Crippen LogP contribution < -0.4 is 15.0 Å². The fourth-order valence-electron chi connectivity index (χ4n) is 4.08. The minimum absolute atomic E-state index is 0.129. The fourth-order valence-corrected chi connectivity index (χ4v) is 4.08. The van der Waals surface area contributed by atoms with Crippen molar-refractivity contribution >= 4 is 23.0 Å². The molecule has 0 aliphatic carbocycles. The van der Waals surface area contributed by atoms with Gasteiger partial charge in [-0.1, -0.05) is 6.07 Å². The molecule has 186 valence electrons. The SMILES string of the molecule is CCOc1ncc(Nc2cc([C@@H](CC(=O)O)C(F)(F)F)ccc2N(CC)C2CCOCC2)cn1. The number of aromatic nitrogens is 2. The summed E-state index contributed by atoms with van der Waals surface area (Å²) >= 11 is 0. The van der Waals surface area contributed by atoms with Crippen LogP contribution in [0.3, 0.4) is 0 Å². The van der Waals surface area contributed by atoms with Gasteiger partial charge in [0.2, 0.25) is 0 Å². The number of ether oxygens (including phenoxy) is 2. The van der Waals surface area contributed by atoms with E-state index in [2.05, 4.69) is 20.2 Å². The smallest absolute Gasteiger partial charge is 0.396 e. The third-order valence-corrected chi connectivity index (χ3v) is 5.66. The van der Waals surface area contributed by atoms with Crippen molar-refractivity contribution < 1.29 is 32.5 Å². The summed E-state index contributed by atoms with van der Waals surface area (Å²) in [5.74, 6) is -3.65. The van der Waals surface area contributed by atoms with Crippen LogP contribution in [0.2, 0.25) is 0 Å². The van der Waals surface area contributed by atoms with Gasteiger partial charge in [0.05, 0.1) is 48.4 Å². The predicted octanol–water partition coefficient (Wildman–Crippen LogP) is 4.74. The average Bonchev–Trinajstić information content (AvgIpc) is 2.80. The van der Waals surface area contributed by atoms with Crippen LogP contribution >= 0.6 is 0 Å². The number of hydrogen-bond acceptors (Lipinski definition) is 7. The van der Waals surface area contributed by atoms with Crippen LogP contribution in [0.25, 0.3) is 0 Å². The van der Waals surface area contributed by atoms with Gasteiger partial charge < -0.3 is 24.8 Å². The molecule has 8 nitrogen and oxygen atoms in total. The summed E-state index contributed by atoms with van der Waals surface area (Å²) in [6.45, 7) is 6.05. The number of hydrogen-bond donors (Lipinski definition) is 2. The molecule has 1 aromatic carbocycles. The minimum Gasteiger partial charge on any atom is -0.481 e. The Hall–Kier alpha value is -3.08. The molecule has 1 saturated heterocycles. The number of carbonyl (C=O) groups is 1. The lowest BCUT2D eigenvalue weighted by atomic mass is 9.93. The normalized spacial score (nSPS) is 15.6. The summed E-state index contributed by atoms with van der Waals surface area (Å²) in [6, 6.07) is 4.71. The molecule has 2 aromatic rings. The van der Waals surface area contributed by atoms with Crippen molar-refractivity contribution in [2.24, 2.45) is 0 Å². The van der Waals surface area contributed by atoms with E-state index in [1.54, 1.807) is 13.0 Å². The van der Waals surface area contributed by atoms with E-state index < -0.39 is 24.5 Å². The molecule has 0 radical (unpaired) electrons. The lowest BCUT2D eigenvalue weighted by molar-refractivity contribution is -0.163. The van der Waals surface area contributed by atoms with Crippen LogP contribution in [0.5, 0.6) is 6.01 Å². The van der Waals surface area contributed by atoms with Gasteiger partial charge in [0, 0.05) is 25.8 Å². The highest BCUT2D eigenvalue weighted by Crippen LogP contribution is 2.41. The number of aliphatic carboxylic acids is 1. The molecular formula is C23H29F3N4O4. The molecule has 0 unspecified atom stereocenters. The number of carboxylic acid groups (broad SMARTS) is 1. The Bertz CT molecular complexity index is 950. The maximum absolute atomic E-state index is 13.7. The van der Waals surface area contributed by atoms with Crippen molar-refractivity contribution in [1.29, 1.82) is 0 Å². The quantitative estimate of drug-likeness (QED) is 0.501. The number of carboxylic acids is 1. The molecule has 2 heterocycles. The van der Waals surface area contributed by atoms with Crippen LogP contribution in [-0.4, -0.2) is 59.6 Å². The van der Waals surface area contributed by atoms with Gasteiger partial charge in [0.15, 0.2) is 0 Å². The molecule has 1 aromatic heterocycles. The van der Waals surface area contributed by atoms with E-state index in [9.17, 15) is 18.0 Å². The number of nitrogens with one attached hydrogen (secondary N) is 1. The van der Waals surface area contributed by atoms with Gasteiger partial charge >= 0.3 is 18.2 Å². The van der Waals surface area contributed by atoms with Gasteiger partial charge in [0.1, 0.15) is 0 Å². The van der Waals surface area contributed by atoms with E-state index in [0.717, 1.165) is 12.8 Å². The molecule has 0 saturated carbocycles. The first-order valence-electron chi connectivity index (χ1n) is 11.2. The van der Waals surface area contributed by atoms with E-state index >= 15 is 0 Å². The first kappa shape index (κ1) is 25.5. The highest BCUT2D eigenvalue weighted by Gasteiger charge is 2.42. The van der Waals surface area contributed by atoms with Crippen LogP contribution in [0.4, 0.5) is 30.2 Å². The molecule has 11 heteroatoms. The molecular weight excluding hydrogens is 453 g/mol. The van der Waals surface area contributed by atoms with Crippen molar-refractivity contribution in [3.8, 4) is 6.01 Å². The Labute approximate surface area is 196 Å². The zero-order valence-corrected chi connectivity index (χ0v) is 19.1. The van der Waals surface area contributed by atoms with Crippen LogP contribution in [-0.2, 0) is 9.53 Å². The highest BCUT2D eigenvalue weighted by atomic mass is 19.4. The zero-order valence-electron chi connectivity index (χ0n) is 19.1. The van der Waals surface area contributed by atoms with Gasteiger partial charge in [-0.25, -0.2) is 9.97 Å². The van der Waals surface area contributed by atoms with Gasteiger partial charge in [0.25, 0.3) is 0 Å². The lowest BCUT2D eigenvalue weighted by Crippen LogP contribution is -2.39. The van der Waals surface area contributed by atoms with Crippen molar-refractivity contribution in [3.05, 3.63) is 36.2 Å². The van der Waals surface area contributed by atoms with Crippen LogP contribution in [0, 0.1) is 0 Å². The molecule has 1 aliphatic heterocycles. The molecule has 1 fully saturated rings. The average molecular weight is 483 g/mol. The summed E-state index contributed by atoms with van der Waals surface area (Å²) < 4.78 is 51.9. The lowest BCUT2D eigenvalue weighted by Gasteiger charge is -2.37. The van der Waals surface area contributed by atoms with Crippen LogP contribution in [0.15, 0.2) is 30.6 Å². The first-order valence-corrected chi connectivity index (χ1v) is 11.2. The number of rotatable bonds is 10. The predicted molar refractivity (Wildman–Crippen MR) is 121 cm³/mol. The van der Waals surface area contributed by atoms with E-state index in [4.69, 9.17) is 14.6 Å². The van der Waals surface area contributed by atoms with E-state index in [1.165, 1.54) is 24.5 Å². The standard InChI is InChI=1S/C23H29F3N4O4/c1-3-30(17-7-9-33-10-8-17)20-6-5-15(18(12-21(31)32)23(24,25)26)11-19(20)29-16-13-27-22(28-14-16)34-4-2/h5-6,11,13-14,17-18,29H,3-4,7-10,12H2,1-2H3,(H,31,32)/t18-/m1/s1. The van der Waals surface area contributed by atoms with Crippen molar-refractivity contribution in [2.45, 2.75) is 51.2 Å². The second-order valence-electron chi connectivity index (χ2n) is 7.91. The summed E-state index contributed by atoms with van der Waals surface area (Å²) in [5.41, 5.74) is 1.46.